The van der Waals surface area contributed by atoms with Gasteiger partial charge in [-0.25, -0.2) is 4.59 Å². The highest BCUT2D eigenvalue weighted by atomic mass is 16.3. The van der Waals surface area contributed by atoms with Crippen LogP contribution in [0, 0.1) is 0 Å². The van der Waals surface area contributed by atoms with Gasteiger partial charge in [0.25, 0.3) is 0 Å². The van der Waals surface area contributed by atoms with E-state index in [2.05, 4.69) is 5.10 Å². The van der Waals surface area contributed by atoms with E-state index in [-0.39, 0.29) is 4.59 Å². The van der Waals surface area contributed by atoms with E-state index in [1.54, 1.807) is 14.1 Å². The van der Waals surface area contributed by atoms with E-state index in [4.69, 9.17) is 5.11 Å². The average molecular weight is 130 g/mol. The summed E-state index contributed by atoms with van der Waals surface area (Å²) in [5, 5.41) is 23.1. The maximum atomic E-state index is 10.6. The highest BCUT2D eigenvalue weighted by Crippen LogP contribution is 2.08. The van der Waals surface area contributed by atoms with Crippen LogP contribution < -0.4 is 5.11 Å². The van der Waals surface area contributed by atoms with Crippen molar-refractivity contribution < 1.29 is 14.8 Å². The molecule has 0 aliphatic carbocycles. The second-order valence-corrected chi connectivity index (χ2v) is 2.76. The quantitative estimate of drug-likeness (QED) is 0.390. The molecule has 52 valence electrons. The molecule has 1 aliphatic heterocycles. The fraction of sp³-hybridized carbons (Fsp3) is 0.800. The van der Waals surface area contributed by atoms with Gasteiger partial charge in [0.05, 0.1) is 20.0 Å². The normalized spacial score (nSPS) is 32.3. The van der Waals surface area contributed by atoms with E-state index >= 15 is 0 Å². The summed E-state index contributed by atoms with van der Waals surface area (Å²) in [4.78, 5) is 0. The van der Waals surface area contributed by atoms with Crippen LogP contribution in [-0.2, 0) is 0 Å². The molecular weight excluding hydrogens is 120 g/mol. The summed E-state index contributed by atoms with van der Waals surface area (Å²) >= 11 is 0. The number of aliphatic hydroxyl groups excluding tert-OH is 1. The monoisotopic (exact) mass is 130 g/mol. The highest BCUT2D eigenvalue weighted by Gasteiger charge is 2.27. The number of hydrogen-bond acceptors (Lipinski definition) is 3. The first-order valence-corrected chi connectivity index (χ1v) is 2.79. The lowest BCUT2D eigenvalue weighted by atomic mass is 10.4. The molecule has 0 saturated carbocycles. The first kappa shape index (κ1) is 6.51. The minimum absolute atomic E-state index is 0.250. The topological polar surface area (TPSA) is 55.6 Å². The lowest BCUT2D eigenvalue weighted by Crippen LogP contribution is -2.36. The lowest BCUT2D eigenvalue weighted by Gasteiger charge is -2.16. The molecule has 4 heteroatoms. The van der Waals surface area contributed by atoms with E-state index in [1.165, 1.54) is 0 Å². The fourth-order valence-electron chi connectivity index (χ4n) is 0.876. The van der Waals surface area contributed by atoms with Crippen molar-refractivity contribution in [2.24, 2.45) is 5.10 Å². The van der Waals surface area contributed by atoms with E-state index in [0.717, 1.165) is 0 Å². The van der Waals surface area contributed by atoms with E-state index in [1.807, 2.05) is 0 Å². The van der Waals surface area contributed by atoms with Gasteiger partial charge in [0.15, 0.2) is 0 Å². The number of quaternary nitrogens is 1. The summed E-state index contributed by atoms with van der Waals surface area (Å²) < 4.78 is 0.250. The van der Waals surface area contributed by atoms with Crippen LogP contribution in [0.15, 0.2) is 5.10 Å². The number of nitrogens with zero attached hydrogens (tertiary/aromatic N) is 2. The van der Waals surface area contributed by atoms with Crippen LogP contribution in [-0.4, -0.2) is 42.3 Å². The zero-order chi connectivity index (χ0) is 7.07. The standard InChI is InChI=1S/C5H10N2O2/c1-7(2)3-4(8)5(9)6-7/h4,8H,3H2,1-2H3. The van der Waals surface area contributed by atoms with E-state index < -0.39 is 12.0 Å². The van der Waals surface area contributed by atoms with Crippen molar-refractivity contribution >= 4 is 5.90 Å². The van der Waals surface area contributed by atoms with Gasteiger partial charge in [-0.2, -0.15) is 0 Å². The summed E-state index contributed by atoms with van der Waals surface area (Å²) in [7, 11) is 3.54. The molecule has 0 aromatic heterocycles. The summed E-state index contributed by atoms with van der Waals surface area (Å²) in [5.74, 6) is -0.403. The molecule has 1 unspecified atom stereocenters. The molecular formula is C5H10N2O2. The second-order valence-electron chi connectivity index (χ2n) is 2.76. The van der Waals surface area contributed by atoms with Gasteiger partial charge in [0, 0.05) is 0 Å². The van der Waals surface area contributed by atoms with Gasteiger partial charge in [-0.3, -0.25) is 0 Å². The Hall–Kier alpha value is -0.610. The zero-order valence-corrected chi connectivity index (χ0v) is 5.53. The molecule has 0 aromatic rings. The molecule has 0 amide bonds. The van der Waals surface area contributed by atoms with Gasteiger partial charge in [-0.1, -0.05) is 0 Å². The summed E-state index contributed by atoms with van der Waals surface area (Å²) in [5.41, 5.74) is 0. The van der Waals surface area contributed by atoms with E-state index in [9.17, 15) is 5.11 Å². The van der Waals surface area contributed by atoms with Crippen LogP contribution >= 0.6 is 0 Å². The molecule has 0 radical (unpaired) electrons. The Morgan fingerprint density at radius 2 is 2.33 bits per heavy atom. The molecule has 1 aliphatic rings. The molecule has 9 heavy (non-hydrogen) atoms. The average Bonchev–Trinajstić information content (AvgIpc) is 1.79. The first-order chi connectivity index (χ1) is 4.01. The predicted octanol–water partition coefficient (Wildman–Crippen LogP) is -1.89. The number of likely N-dealkylation sites (N-methyl/N-ethyl adjacent to an activating group) is 1. The molecule has 1 N–H and O–H groups in total. The van der Waals surface area contributed by atoms with Gasteiger partial charge in [0.1, 0.15) is 12.6 Å². The SMILES string of the molecule is C[N+]1(C)CC(O)C([O-])=N1. The van der Waals surface area contributed by atoms with Gasteiger partial charge >= 0.3 is 0 Å². The fourth-order valence-corrected chi connectivity index (χ4v) is 0.876. The lowest BCUT2D eigenvalue weighted by molar-refractivity contribution is -0.893. The zero-order valence-electron chi connectivity index (χ0n) is 5.53. The molecule has 1 heterocycles. The third-order valence-electron chi connectivity index (χ3n) is 1.27. The Kier molecular flexibility index (Phi) is 1.22. The third kappa shape index (κ3) is 1.20. The van der Waals surface area contributed by atoms with Crippen molar-refractivity contribution in [3.8, 4) is 0 Å². The van der Waals surface area contributed by atoms with Crippen LogP contribution in [0.3, 0.4) is 0 Å². The minimum atomic E-state index is -0.875. The van der Waals surface area contributed by atoms with Gasteiger partial charge < -0.3 is 10.2 Å². The van der Waals surface area contributed by atoms with Crippen LogP contribution in [0.5, 0.6) is 0 Å². The van der Waals surface area contributed by atoms with Crippen molar-refractivity contribution in [3.05, 3.63) is 0 Å². The third-order valence-corrected chi connectivity index (χ3v) is 1.27. The van der Waals surface area contributed by atoms with Crippen molar-refractivity contribution in [2.45, 2.75) is 6.10 Å². The minimum Gasteiger partial charge on any atom is -0.856 e. The van der Waals surface area contributed by atoms with Crippen molar-refractivity contribution in [1.82, 2.24) is 0 Å². The molecule has 4 nitrogen and oxygen atoms in total. The Morgan fingerprint density at radius 3 is 2.44 bits per heavy atom. The Morgan fingerprint density at radius 1 is 1.78 bits per heavy atom. The second kappa shape index (κ2) is 1.68. The maximum Gasteiger partial charge on any atom is 0.138 e. The van der Waals surface area contributed by atoms with Crippen molar-refractivity contribution in [3.63, 3.8) is 0 Å². The smallest absolute Gasteiger partial charge is 0.138 e. The van der Waals surface area contributed by atoms with Crippen molar-refractivity contribution in [2.75, 3.05) is 20.6 Å². The van der Waals surface area contributed by atoms with Crippen LogP contribution in [0.2, 0.25) is 0 Å². The van der Waals surface area contributed by atoms with Crippen LogP contribution in [0.25, 0.3) is 0 Å². The van der Waals surface area contributed by atoms with E-state index in [0.29, 0.717) is 6.54 Å². The van der Waals surface area contributed by atoms with Crippen molar-refractivity contribution in [1.29, 1.82) is 0 Å². The molecule has 0 spiro atoms. The predicted molar refractivity (Wildman–Crippen MR) is 30.4 cm³/mol. The Labute approximate surface area is 53.6 Å². The van der Waals surface area contributed by atoms with Gasteiger partial charge in [-0.15, -0.1) is 5.10 Å². The first-order valence-electron chi connectivity index (χ1n) is 2.79. The van der Waals surface area contributed by atoms with Crippen LogP contribution in [0.1, 0.15) is 0 Å². The number of hydrogen-bond donors (Lipinski definition) is 1. The summed E-state index contributed by atoms with van der Waals surface area (Å²) in [6, 6.07) is 0. The largest absolute Gasteiger partial charge is 0.856 e. The maximum absolute atomic E-state index is 10.6. The number of aliphatic hydroxyl groups is 1. The molecule has 1 atom stereocenters. The Balaban J connectivity index is 2.74. The highest BCUT2D eigenvalue weighted by molar-refractivity contribution is 5.76. The molecule has 1 rings (SSSR count). The molecule has 0 saturated heterocycles. The summed E-state index contributed by atoms with van der Waals surface area (Å²) in [6.07, 6.45) is -0.875. The molecule has 0 aromatic carbocycles. The molecule has 0 fully saturated rings. The number of rotatable bonds is 0. The Bertz CT molecular complexity index is 153. The summed E-state index contributed by atoms with van der Waals surface area (Å²) in [6.45, 7) is 0.402. The van der Waals surface area contributed by atoms with Gasteiger partial charge in [-0.05, 0) is 0 Å². The van der Waals surface area contributed by atoms with Crippen LogP contribution in [0.4, 0.5) is 0 Å². The molecule has 0 bridgehead atoms. The van der Waals surface area contributed by atoms with Gasteiger partial charge in [0.2, 0.25) is 0 Å².